The second-order valence-electron chi connectivity index (χ2n) is 4.74. The fraction of sp³-hybridized carbons (Fsp3) is 0.333. The van der Waals surface area contributed by atoms with Crippen molar-refractivity contribution in [3.8, 4) is 11.4 Å². The summed E-state index contributed by atoms with van der Waals surface area (Å²) >= 11 is 0. The van der Waals surface area contributed by atoms with Crippen molar-refractivity contribution in [3.63, 3.8) is 0 Å². The molecular formula is C15H16N2O2. The summed E-state index contributed by atoms with van der Waals surface area (Å²) in [4.78, 5) is 16.4. The summed E-state index contributed by atoms with van der Waals surface area (Å²) in [5.41, 5.74) is 2.14. The van der Waals surface area contributed by atoms with Crippen molar-refractivity contribution in [1.29, 1.82) is 0 Å². The zero-order valence-corrected chi connectivity index (χ0v) is 10.9. The number of hydrogen-bond acceptors (Lipinski definition) is 3. The summed E-state index contributed by atoms with van der Waals surface area (Å²) in [6.07, 6.45) is 4.65. The van der Waals surface area contributed by atoms with Crippen LogP contribution in [0.1, 0.15) is 24.6 Å². The second kappa shape index (κ2) is 4.88. The molecule has 0 amide bonds. The van der Waals surface area contributed by atoms with Gasteiger partial charge in [-0.2, -0.15) is 0 Å². The molecule has 98 valence electrons. The number of fused-ring (bicyclic) bond motifs is 1. The maximum atomic E-state index is 11.9. The zero-order chi connectivity index (χ0) is 13.2. The highest BCUT2D eigenvalue weighted by Crippen LogP contribution is 2.31. The number of ether oxygens (including phenoxy) is 1. The third-order valence-corrected chi connectivity index (χ3v) is 3.60. The van der Waals surface area contributed by atoms with Crippen molar-refractivity contribution >= 4 is 5.97 Å². The second-order valence-corrected chi connectivity index (χ2v) is 4.74. The van der Waals surface area contributed by atoms with Gasteiger partial charge < -0.3 is 9.30 Å². The lowest BCUT2D eigenvalue weighted by atomic mass is 10.0. The van der Waals surface area contributed by atoms with Gasteiger partial charge in [0.1, 0.15) is 11.9 Å². The maximum Gasteiger partial charge on any atom is 0.328 e. The van der Waals surface area contributed by atoms with E-state index in [2.05, 4.69) is 4.98 Å². The van der Waals surface area contributed by atoms with Crippen LogP contribution in [0.4, 0.5) is 0 Å². The number of carbonyl (C=O) groups excluding carboxylic acids is 1. The molecule has 1 aliphatic rings. The molecule has 1 aliphatic heterocycles. The van der Waals surface area contributed by atoms with Crippen molar-refractivity contribution in [3.05, 3.63) is 42.2 Å². The van der Waals surface area contributed by atoms with E-state index in [4.69, 9.17) is 4.74 Å². The molecule has 0 spiro atoms. The van der Waals surface area contributed by atoms with Gasteiger partial charge >= 0.3 is 5.97 Å². The number of methoxy groups -OCH3 is 1. The smallest absolute Gasteiger partial charge is 0.328 e. The van der Waals surface area contributed by atoms with Gasteiger partial charge in [-0.1, -0.05) is 30.3 Å². The molecule has 1 atom stereocenters. The van der Waals surface area contributed by atoms with Gasteiger partial charge in [-0.25, -0.2) is 9.78 Å². The Labute approximate surface area is 112 Å². The molecule has 0 saturated carbocycles. The van der Waals surface area contributed by atoms with Crippen LogP contribution in [0.25, 0.3) is 11.4 Å². The monoisotopic (exact) mass is 256 g/mol. The van der Waals surface area contributed by atoms with E-state index in [-0.39, 0.29) is 12.0 Å². The Bertz CT molecular complexity index is 589. The van der Waals surface area contributed by atoms with Gasteiger partial charge in [-0.15, -0.1) is 0 Å². The lowest BCUT2D eigenvalue weighted by molar-refractivity contribution is -0.145. The molecule has 4 nitrogen and oxygen atoms in total. The Morgan fingerprint density at radius 3 is 2.89 bits per heavy atom. The fourth-order valence-electron chi connectivity index (χ4n) is 2.69. The molecule has 1 unspecified atom stereocenters. The Balaban J connectivity index is 2.09. The van der Waals surface area contributed by atoms with E-state index >= 15 is 0 Å². The molecule has 0 aliphatic carbocycles. The Morgan fingerprint density at radius 1 is 1.37 bits per heavy atom. The molecule has 0 saturated heterocycles. The number of aryl methyl sites for hydroxylation is 1. The molecule has 1 aromatic heterocycles. The number of benzene rings is 1. The number of nitrogens with zero attached hydrogens (tertiary/aromatic N) is 2. The minimum absolute atomic E-state index is 0.184. The normalized spacial score (nSPS) is 17.8. The van der Waals surface area contributed by atoms with Crippen molar-refractivity contribution in [2.75, 3.05) is 7.11 Å². The van der Waals surface area contributed by atoms with Gasteiger partial charge in [0.25, 0.3) is 0 Å². The molecule has 0 fully saturated rings. The molecule has 0 N–H and O–H groups in total. The lowest BCUT2D eigenvalue weighted by Gasteiger charge is -2.25. The minimum atomic E-state index is -0.244. The summed E-state index contributed by atoms with van der Waals surface area (Å²) in [5, 5.41) is 0. The quantitative estimate of drug-likeness (QED) is 0.776. The van der Waals surface area contributed by atoms with E-state index in [1.807, 2.05) is 41.1 Å². The molecule has 0 bridgehead atoms. The third-order valence-electron chi connectivity index (χ3n) is 3.60. The van der Waals surface area contributed by atoms with Crippen molar-refractivity contribution in [1.82, 2.24) is 9.55 Å². The van der Waals surface area contributed by atoms with Gasteiger partial charge in [0.2, 0.25) is 0 Å². The van der Waals surface area contributed by atoms with E-state index in [0.717, 1.165) is 36.3 Å². The average molecular weight is 256 g/mol. The van der Waals surface area contributed by atoms with Gasteiger partial charge in [-0.05, 0) is 19.3 Å². The Hall–Kier alpha value is -2.10. The summed E-state index contributed by atoms with van der Waals surface area (Å²) in [6, 6.07) is 9.71. The zero-order valence-electron chi connectivity index (χ0n) is 10.9. The first-order valence-electron chi connectivity index (χ1n) is 6.50. The first kappa shape index (κ1) is 12.0. The molecule has 2 heterocycles. The molecule has 3 rings (SSSR count). The van der Waals surface area contributed by atoms with E-state index in [9.17, 15) is 4.79 Å². The van der Waals surface area contributed by atoms with Crippen LogP contribution in [0.3, 0.4) is 0 Å². The van der Waals surface area contributed by atoms with E-state index in [0.29, 0.717) is 0 Å². The number of imidazole rings is 1. The predicted octanol–water partition coefficient (Wildman–Crippen LogP) is 2.60. The number of rotatable bonds is 2. The van der Waals surface area contributed by atoms with Crippen LogP contribution in [-0.4, -0.2) is 22.6 Å². The molecular weight excluding hydrogens is 240 g/mol. The topological polar surface area (TPSA) is 44.1 Å². The van der Waals surface area contributed by atoms with Crippen LogP contribution >= 0.6 is 0 Å². The molecule has 0 radical (unpaired) electrons. The minimum Gasteiger partial charge on any atom is -0.467 e. The Kier molecular flexibility index (Phi) is 3.07. The number of esters is 1. The molecule has 4 heteroatoms. The molecule has 2 aromatic rings. The van der Waals surface area contributed by atoms with Gasteiger partial charge in [0, 0.05) is 17.5 Å². The number of carbonyl (C=O) groups is 1. The lowest BCUT2D eigenvalue weighted by Crippen LogP contribution is -2.26. The van der Waals surface area contributed by atoms with E-state index in [1.165, 1.54) is 7.11 Å². The maximum absolute atomic E-state index is 11.9. The highest BCUT2D eigenvalue weighted by Gasteiger charge is 2.29. The standard InChI is InChI=1S/C15H16N2O2/c1-19-15(18)13-9-5-8-12-10-16-14(17(12)13)11-6-3-2-4-7-11/h2-4,6-7,10,13H,5,8-9H2,1H3. The summed E-state index contributed by atoms with van der Waals surface area (Å²) in [7, 11) is 1.44. The molecule has 19 heavy (non-hydrogen) atoms. The van der Waals surface area contributed by atoms with Gasteiger partial charge in [-0.3, -0.25) is 0 Å². The van der Waals surface area contributed by atoms with Crippen LogP contribution < -0.4 is 0 Å². The first-order chi connectivity index (χ1) is 9.31. The first-order valence-corrected chi connectivity index (χ1v) is 6.50. The SMILES string of the molecule is COC(=O)C1CCCc2cnc(-c3ccccc3)n21. The van der Waals surface area contributed by atoms with Crippen LogP contribution in [0.5, 0.6) is 0 Å². The fourth-order valence-corrected chi connectivity index (χ4v) is 2.69. The highest BCUT2D eigenvalue weighted by molar-refractivity contribution is 5.75. The predicted molar refractivity (Wildman–Crippen MR) is 71.7 cm³/mol. The molecule has 1 aromatic carbocycles. The summed E-state index contributed by atoms with van der Waals surface area (Å²) < 4.78 is 6.95. The van der Waals surface area contributed by atoms with E-state index < -0.39 is 0 Å². The Morgan fingerprint density at radius 2 is 2.16 bits per heavy atom. The van der Waals surface area contributed by atoms with E-state index in [1.54, 1.807) is 0 Å². The van der Waals surface area contributed by atoms with Gasteiger partial charge in [0.05, 0.1) is 7.11 Å². The third kappa shape index (κ3) is 2.03. The number of aromatic nitrogens is 2. The van der Waals surface area contributed by atoms with Crippen LogP contribution in [0.15, 0.2) is 36.5 Å². The average Bonchev–Trinajstić information content (AvgIpc) is 2.91. The van der Waals surface area contributed by atoms with Crippen LogP contribution in [0.2, 0.25) is 0 Å². The van der Waals surface area contributed by atoms with Crippen molar-refractivity contribution < 1.29 is 9.53 Å². The van der Waals surface area contributed by atoms with Crippen LogP contribution in [0, 0.1) is 0 Å². The van der Waals surface area contributed by atoms with Gasteiger partial charge in [0.15, 0.2) is 0 Å². The van der Waals surface area contributed by atoms with Crippen molar-refractivity contribution in [2.45, 2.75) is 25.3 Å². The van der Waals surface area contributed by atoms with Crippen molar-refractivity contribution in [2.24, 2.45) is 0 Å². The highest BCUT2D eigenvalue weighted by atomic mass is 16.5. The summed E-state index contributed by atoms with van der Waals surface area (Å²) in [5.74, 6) is 0.668. The summed E-state index contributed by atoms with van der Waals surface area (Å²) in [6.45, 7) is 0. The van der Waals surface area contributed by atoms with Crippen LogP contribution in [-0.2, 0) is 16.0 Å². The number of hydrogen-bond donors (Lipinski definition) is 0. The largest absolute Gasteiger partial charge is 0.467 e.